The van der Waals surface area contributed by atoms with E-state index in [2.05, 4.69) is 18.7 Å². The van der Waals surface area contributed by atoms with Crippen LogP contribution in [0.5, 0.6) is 0 Å². The number of likely N-dealkylation sites (N-methyl/N-ethyl adjacent to an activating group) is 1. The van der Waals surface area contributed by atoms with E-state index in [1.165, 1.54) is 4.31 Å². The number of benzene rings is 1. The molecule has 1 saturated heterocycles. The van der Waals surface area contributed by atoms with E-state index < -0.39 is 10.0 Å². The van der Waals surface area contributed by atoms with Gasteiger partial charge in [0.2, 0.25) is 10.0 Å². The number of rotatable bonds is 5. The lowest BCUT2D eigenvalue weighted by Crippen LogP contribution is -2.48. The van der Waals surface area contributed by atoms with Gasteiger partial charge in [0.1, 0.15) is 0 Å². The number of aryl methyl sites for hydroxylation is 2. The van der Waals surface area contributed by atoms with Crippen LogP contribution in [0.15, 0.2) is 23.1 Å². The third-order valence-corrected chi connectivity index (χ3v) is 6.26. The van der Waals surface area contributed by atoms with Gasteiger partial charge in [0, 0.05) is 33.2 Å². The lowest BCUT2D eigenvalue weighted by molar-refractivity contribution is -0.0681. The summed E-state index contributed by atoms with van der Waals surface area (Å²) in [5, 5.41) is 0. The van der Waals surface area contributed by atoms with Crippen molar-refractivity contribution in [2.75, 3.05) is 33.2 Å². The molecule has 1 aromatic carbocycles. The van der Waals surface area contributed by atoms with Gasteiger partial charge in [-0.1, -0.05) is 12.1 Å². The van der Waals surface area contributed by atoms with Crippen LogP contribution in [0.25, 0.3) is 0 Å². The molecule has 2 atom stereocenters. The van der Waals surface area contributed by atoms with E-state index in [1.807, 2.05) is 26.0 Å². The first-order valence-corrected chi connectivity index (χ1v) is 9.55. The summed E-state index contributed by atoms with van der Waals surface area (Å²) in [6.07, 6.45) is 0.388. The lowest BCUT2D eigenvalue weighted by Gasteiger charge is -2.36. The summed E-state index contributed by atoms with van der Waals surface area (Å²) in [4.78, 5) is 2.68. The molecule has 1 aromatic rings. The highest BCUT2D eigenvalue weighted by Gasteiger charge is 2.26. The Morgan fingerprint density at radius 2 is 1.83 bits per heavy atom. The van der Waals surface area contributed by atoms with Crippen molar-refractivity contribution < 1.29 is 13.2 Å². The van der Waals surface area contributed by atoms with Gasteiger partial charge >= 0.3 is 0 Å². The van der Waals surface area contributed by atoms with E-state index in [-0.39, 0.29) is 12.2 Å². The zero-order valence-electron chi connectivity index (χ0n) is 14.7. The third kappa shape index (κ3) is 4.53. The standard InChI is InChI=1S/C17H28N2O3S/c1-13-6-7-14(2)17(10-13)23(20,21)18(5)8-9-19-11-15(3)22-16(4)12-19/h6-7,10,15-16H,8-9,11-12H2,1-5H3/t15-,16+. The van der Waals surface area contributed by atoms with Crippen molar-refractivity contribution in [3.8, 4) is 0 Å². The molecule has 1 aliphatic heterocycles. The molecule has 0 N–H and O–H groups in total. The highest BCUT2D eigenvalue weighted by atomic mass is 32.2. The molecule has 0 amide bonds. The second-order valence-electron chi connectivity index (χ2n) is 6.61. The van der Waals surface area contributed by atoms with Crippen LogP contribution < -0.4 is 0 Å². The highest BCUT2D eigenvalue weighted by Crippen LogP contribution is 2.20. The van der Waals surface area contributed by atoms with Gasteiger partial charge in [0.15, 0.2) is 0 Å². The zero-order valence-corrected chi connectivity index (χ0v) is 15.6. The maximum absolute atomic E-state index is 12.8. The summed E-state index contributed by atoms with van der Waals surface area (Å²) in [7, 11) is -1.79. The molecule has 5 nitrogen and oxygen atoms in total. The second kappa shape index (κ2) is 7.30. The molecular formula is C17H28N2O3S. The molecule has 0 unspecified atom stereocenters. The Hall–Kier alpha value is -0.950. The molecule has 0 saturated carbocycles. The van der Waals surface area contributed by atoms with Crippen LogP contribution in [0, 0.1) is 13.8 Å². The van der Waals surface area contributed by atoms with Crippen molar-refractivity contribution in [1.82, 2.24) is 9.21 Å². The van der Waals surface area contributed by atoms with E-state index in [9.17, 15) is 8.42 Å². The predicted octanol–water partition coefficient (Wildman–Crippen LogP) is 2.03. The van der Waals surface area contributed by atoms with Crippen molar-refractivity contribution >= 4 is 10.0 Å². The van der Waals surface area contributed by atoms with Gasteiger partial charge in [-0.25, -0.2) is 8.42 Å². The van der Waals surface area contributed by atoms with E-state index in [0.29, 0.717) is 11.4 Å². The first-order valence-electron chi connectivity index (χ1n) is 8.11. The van der Waals surface area contributed by atoms with Crippen molar-refractivity contribution in [2.24, 2.45) is 0 Å². The van der Waals surface area contributed by atoms with Crippen molar-refractivity contribution in [3.63, 3.8) is 0 Å². The summed E-state index contributed by atoms with van der Waals surface area (Å²) in [6, 6.07) is 5.55. The topological polar surface area (TPSA) is 49.9 Å². The van der Waals surface area contributed by atoms with Crippen LogP contribution in [-0.4, -0.2) is 63.1 Å². The van der Waals surface area contributed by atoms with Gasteiger partial charge < -0.3 is 4.74 Å². The van der Waals surface area contributed by atoms with Crippen molar-refractivity contribution in [1.29, 1.82) is 0 Å². The molecule has 23 heavy (non-hydrogen) atoms. The minimum Gasteiger partial charge on any atom is -0.373 e. The SMILES string of the molecule is Cc1ccc(C)c(S(=O)(=O)N(C)CCN2C[C@@H](C)O[C@@H](C)C2)c1. The maximum atomic E-state index is 12.8. The summed E-state index contributed by atoms with van der Waals surface area (Å²) >= 11 is 0. The van der Waals surface area contributed by atoms with Crippen LogP contribution in [-0.2, 0) is 14.8 Å². The van der Waals surface area contributed by atoms with Crippen LogP contribution in [0.2, 0.25) is 0 Å². The van der Waals surface area contributed by atoms with E-state index >= 15 is 0 Å². The smallest absolute Gasteiger partial charge is 0.243 e. The first kappa shape index (κ1) is 18.4. The molecular weight excluding hydrogens is 312 g/mol. The van der Waals surface area contributed by atoms with E-state index in [0.717, 1.165) is 30.8 Å². The highest BCUT2D eigenvalue weighted by molar-refractivity contribution is 7.89. The maximum Gasteiger partial charge on any atom is 0.243 e. The Kier molecular flexibility index (Phi) is 5.84. The molecule has 0 spiro atoms. The minimum atomic E-state index is -3.44. The van der Waals surface area contributed by atoms with Crippen molar-refractivity contribution in [2.45, 2.75) is 44.8 Å². The summed E-state index contributed by atoms with van der Waals surface area (Å²) in [5.74, 6) is 0. The number of hydrogen-bond acceptors (Lipinski definition) is 4. The van der Waals surface area contributed by atoms with Crippen LogP contribution >= 0.6 is 0 Å². The van der Waals surface area contributed by atoms with Crippen LogP contribution in [0.1, 0.15) is 25.0 Å². The molecule has 1 aliphatic rings. The summed E-state index contributed by atoms with van der Waals surface area (Å²) in [6.45, 7) is 10.8. The normalized spacial score (nSPS) is 23.4. The molecule has 0 radical (unpaired) electrons. The fraction of sp³-hybridized carbons (Fsp3) is 0.647. The van der Waals surface area contributed by atoms with Crippen LogP contribution in [0.3, 0.4) is 0 Å². The van der Waals surface area contributed by atoms with Gasteiger partial charge in [-0.15, -0.1) is 0 Å². The first-order chi connectivity index (χ1) is 10.7. The van der Waals surface area contributed by atoms with Gasteiger partial charge in [-0.05, 0) is 44.9 Å². The van der Waals surface area contributed by atoms with E-state index in [1.54, 1.807) is 13.1 Å². The molecule has 0 aromatic heterocycles. The Balaban J connectivity index is 2.04. The van der Waals surface area contributed by atoms with Crippen LogP contribution in [0.4, 0.5) is 0 Å². The Morgan fingerprint density at radius 3 is 2.43 bits per heavy atom. The van der Waals surface area contributed by atoms with Gasteiger partial charge in [0.25, 0.3) is 0 Å². The summed E-state index contributed by atoms with van der Waals surface area (Å²) < 4.78 is 32.8. The number of ether oxygens (including phenoxy) is 1. The number of hydrogen-bond donors (Lipinski definition) is 0. The molecule has 1 fully saturated rings. The third-order valence-electron chi connectivity index (χ3n) is 4.26. The fourth-order valence-corrected chi connectivity index (χ4v) is 4.49. The second-order valence-corrected chi connectivity index (χ2v) is 8.63. The molecule has 2 rings (SSSR count). The molecule has 6 heteroatoms. The number of nitrogens with zero attached hydrogens (tertiary/aromatic N) is 2. The molecule has 0 bridgehead atoms. The number of sulfonamides is 1. The zero-order chi connectivity index (χ0) is 17.2. The Labute approximate surface area is 140 Å². The lowest BCUT2D eigenvalue weighted by atomic mass is 10.2. The molecule has 130 valence electrons. The molecule has 0 aliphatic carbocycles. The van der Waals surface area contributed by atoms with Crippen molar-refractivity contribution in [3.05, 3.63) is 29.3 Å². The van der Waals surface area contributed by atoms with Gasteiger partial charge in [-0.2, -0.15) is 4.31 Å². The average molecular weight is 340 g/mol. The average Bonchev–Trinajstić information content (AvgIpc) is 2.46. The van der Waals surface area contributed by atoms with Gasteiger partial charge in [0.05, 0.1) is 17.1 Å². The Bertz CT molecular complexity index is 635. The minimum absolute atomic E-state index is 0.194. The Morgan fingerprint density at radius 1 is 1.22 bits per heavy atom. The predicted molar refractivity (Wildman–Crippen MR) is 92.2 cm³/mol. The summed E-state index contributed by atoms with van der Waals surface area (Å²) in [5.41, 5.74) is 1.74. The largest absolute Gasteiger partial charge is 0.373 e. The fourth-order valence-electron chi connectivity index (χ4n) is 3.02. The monoisotopic (exact) mass is 340 g/mol. The number of morpholine rings is 1. The quantitative estimate of drug-likeness (QED) is 0.823. The molecule has 1 heterocycles. The van der Waals surface area contributed by atoms with Gasteiger partial charge in [-0.3, -0.25) is 4.90 Å². The van der Waals surface area contributed by atoms with E-state index in [4.69, 9.17) is 4.74 Å².